The van der Waals surface area contributed by atoms with Crippen LogP contribution in [0.15, 0.2) is 12.3 Å². The summed E-state index contributed by atoms with van der Waals surface area (Å²) in [6.45, 7) is 9.44. The maximum atomic E-state index is 11.7. The van der Waals surface area contributed by atoms with Crippen molar-refractivity contribution in [2.75, 3.05) is 42.9 Å². The number of pyridine rings is 1. The molecule has 0 aliphatic carbocycles. The number of rotatable bonds is 6. The highest BCUT2D eigenvalue weighted by molar-refractivity contribution is 5.92. The average Bonchev–Trinajstić information content (AvgIpc) is 2.55. The number of nitrogens with one attached hydrogen (secondary N) is 2. The minimum absolute atomic E-state index is 0.0920. The van der Waals surface area contributed by atoms with Gasteiger partial charge in [-0.1, -0.05) is 0 Å². The van der Waals surface area contributed by atoms with Gasteiger partial charge in [-0.2, -0.15) is 0 Å². The second-order valence-corrected chi connectivity index (χ2v) is 5.87. The molecule has 0 unspecified atom stereocenters. The van der Waals surface area contributed by atoms with E-state index in [1.54, 1.807) is 11.1 Å². The molecule has 0 saturated carbocycles. The lowest BCUT2D eigenvalue weighted by Gasteiger charge is -2.32. The molecule has 7 heteroatoms. The lowest BCUT2D eigenvalue weighted by Crippen LogP contribution is -3.14. The van der Waals surface area contributed by atoms with Gasteiger partial charge >= 0.3 is 0 Å². The van der Waals surface area contributed by atoms with E-state index in [4.69, 9.17) is 0 Å². The summed E-state index contributed by atoms with van der Waals surface area (Å²) in [5, 5.41) is 13.1. The number of carbonyl (C=O) groups excluding carboxylic acids is 2. The van der Waals surface area contributed by atoms with Crippen molar-refractivity contribution in [3.63, 3.8) is 0 Å². The number of carbonyl (C=O) groups is 2. The largest absolute Gasteiger partial charge is 0.550 e. The van der Waals surface area contributed by atoms with Crippen LogP contribution in [-0.4, -0.2) is 49.6 Å². The van der Waals surface area contributed by atoms with Crippen molar-refractivity contribution in [3.05, 3.63) is 17.8 Å². The zero-order chi connectivity index (χ0) is 16.8. The molecule has 2 heterocycles. The van der Waals surface area contributed by atoms with Crippen molar-refractivity contribution in [1.82, 2.24) is 4.98 Å². The van der Waals surface area contributed by atoms with Gasteiger partial charge in [-0.3, -0.25) is 4.79 Å². The number of anilines is 2. The number of aryl methyl sites for hydroxylation is 1. The van der Waals surface area contributed by atoms with Gasteiger partial charge < -0.3 is 25.0 Å². The highest BCUT2D eigenvalue weighted by Gasteiger charge is 2.20. The number of hydrogen-bond donors (Lipinski definition) is 2. The molecule has 0 aromatic carbocycles. The van der Waals surface area contributed by atoms with Crippen molar-refractivity contribution in [3.8, 4) is 0 Å². The monoisotopic (exact) mass is 320 g/mol. The Balaban J connectivity index is 1.95. The Morgan fingerprint density at radius 2 is 2.04 bits per heavy atom. The van der Waals surface area contributed by atoms with E-state index in [0.717, 1.165) is 44.1 Å². The number of likely N-dealkylation sites (N-methyl/N-ethyl adjacent to an activating group) is 1. The number of carboxylic acid groups (broad SMARTS) is 1. The van der Waals surface area contributed by atoms with Gasteiger partial charge in [0.15, 0.2) is 0 Å². The molecule has 1 aliphatic rings. The smallest absolute Gasteiger partial charge is 0.224 e. The van der Waals surface area contributed by atoms with Crippen LogP contribution in [0.2, 0.25) is 0 Å². The molecule has 1 aromatic heterocycles. The zero-order valence-electron chi connectivity index (χ0n) is 13.7. The fraction of sp³-hybridized carbons (Fsp3) is 0.562. The topological polar surface area (TPSA) is 89.8 Å². The minimum atomic E-state index is -1.22. The first-order valence-electron chi connectivity index (χ1n) is 8.04. The van der Waals surface area contributed by atoms with Crippen molar-refractivity contribution in [2.24, 2.45) is 0 Å². The molecule has 126 valence electrons. The molecule has 2 rings (SSSR count). The normalized spacial score (nSPS) is 15.5. The van der Waals surface area contributed by atoms with Crippen LogP contribution >= 0.6 is 0 Å². The van der Waals surface area contributed by atoms with Crippen LogP contribution in [-0.2, 0) is 9.59 Å². The number of carboxylic acids is 1. The van der Waals surface area contributed by atoms with Gasteiger partial charge in [0.2, 0.25) is 5.91 Å². The number of piperazine rings is 1. The number of aliphatic carboxylic acids is 1. The highest BCUT2D eigenvalue weighted by Crippen LogP contribution is 2.20. The van der Waals surface area contributed by atoms with Crippen molar-refractivity contribution in [1.29, 1.82) is 0 Å². The molecule has 0 spiro atoms. The molecule has 7 nitrogen and oxygen atoms in total. The fourth-order valence-corrected chi connectivity index (χ4v) is 2.68. The molecule has 1 saturated heterocycles. The molecule has 23 heavy (non-hydrogen) atoms. The van der Waals surface area contributed by atoms with E-state index >= 15 is 0 Å². The highest BCUT2D eigenvalue weighted by atomic mass is 16.4. The first-order chi connectivity index (χ1) is 11.0. The summed E-state index contributed by atoms with van der Waals surface area (Å²) < 4.78 is 0. The molecule has 1 amide bonds. The SMILES string of the molecule is CC[NH+]1CCN(c2cc(C)c(NC(=O)CCC(=O)[O-])cn2)CC1. The molecular weight excluding hydrogens is 296 g/mol. The fourth-order valence-electron chi connectivity index (χ4n) is 2.68. The summed E-state index contributed by atoms with van der Waals surface area (Å²) in [6, 6.07) is 1.96. The van der Waals surface area contributed by atoms with E-state index in [2.05, 4.69) is 22.1 Å². The predicted octanol–water partition coefficient (Wildman–Crippen LogP) is -1.42. The Morgan fingerprint density at radius 1 is 1.35 bits per heavy atom. The van der Waals surface area contributed by atoms with E-state index < -0.39 is 5.97 Å². The van der Waals surface area contributed by atoms with E-state index in [9.17, 15) is 14.7 Å². The van der Waals surface area contributed by atoms with E-state index in [0.29, 0.717) is 5.69 Å². The Labute approximate surface area is 136 Å². The Bertz CT molecular complexity index is 568. The molecule has 0 bridgehead atoms. The third-order valence-corrected chi connectivity index (χ3v) is 4.22. The van der Waals surface area contributed by atoms with Crippen molar-refractivity contribution < 1.29 is 19.6 Å². The van der Waals surface area contributed by atoms with Gasteiger partial charge in [0.25, 0.3) is 0 Å². The summed E-state index contributed by atoms with van der Waals surface area (Å²) in [4.78, 5) is 30.4. The van der Waals surface area contributed by atoms with Crippen molar-refractivity contribution in [2.45, 2.75) is 26.7 Å². The molecule has 1 aromatic rings. The Hall–Kier alpha value is -2.15. The minimum Gasteiger partial charge on any atom is -0.550 e. The summed E-state index contributed by atoms with van der Waals surface area (Å²) in [5.41, 5.74) is 1.54. The predicted molar refractivity (Wildman–Crippen MR) is 85.3 cm³/mol. The van der Waals surface area contributed by atoms with Crippen LogP contribution in [0.3, 0.4) is 0 Å². The maximum Gasteiger partial charge on any atom is 0.224 e. The number of quaternary nitrogens is 1. The molecule has 1 fully saturated rings. The molecule has 1 aliphatic heterocycles. The summed E-state index contributed by atoms with van der Waals surface area (Å²) in [7, 11) is 0. The van der Waals surface area contributed by atoms with Crippen LogP contribution in [0.1, 0.15) is 25.3 Å². The zero-order valence-corrected chi connectivity index (χ0v) is 13.7. The number of hydrogen-bond acceptors (Lipinski definition) is 5. The van der Waals surface area contributed by atoms with Gasteiger partial charge in [0.05, 0.1) is 44.6 Å². The number of amides is 1. The molecule has 0 atom stereocenters. The summed E-state index contributed by atoms with van der Waals surface area (Å²) >= 11 is 0. The van der Waals surface area contributed by atoms with E-state index in [-0.39, 0.29) is 18.7 Å². The van der Waals surface area contributed by atoms with Gasteiger partial charge in [-0.25, -0.2) is 4.98 Å². The first-order valence-corrected chi connectivity index (χ1v) is 8.04. The summed E-state index contributed by atoms with van der Waals surface area (Å²) in [6.07, 6.45) is 1.27. The van der Waals surface area contributed by atoms with Crippen LogP contribution in [0.25, 0.3) is 0 Å². The second kappa shape index (κ2) is 7.92. The van der Waals surface area contributed by atoms with Gasteiger partial charge in [0.1, 0.15) is 5.82 Å². The van der Waals surface area contributed by atoms with Crippen LogP contribution in [0, 0.1) is 6.92 Å². The molecule has 2 N–H and O–H groups in total. The van der Waals surface area contributed by atoms with Crippen molar-refractivity contribution >= 4 is 23.4 Å². The van der Waals surface area contributed by atoms with Crippen LogP contribution in [0.4, 0.5) is 11.5 Å². The quantitative estimate of drug-likeness (QED) is 0.672. The van der Waals surface area contributed by atoms with Crippen LogP contribution in [0.5, 0.6) is 0 Å². The average molecular weight is 320 g/mol. The lowest BCUT2D eigenvalue weighted by molar-refractivity contribution is -0.898. The second-order valence-electron chi connectivity index (χ2n) is 5.87. The van der Waals surface area contributed by atoms with E-state index in [1.807, 2.05) is 13.0 Å². The third kappa shape index (κ3) is 4.92. The third-order valence-electron chi connectivity index (χ3n) is 4.22. The standard InChI is InChI=1S/C16H24N4O3/c1-3-19-6-8-20(9-7-19)14-10-12(2)13(11-17-14)18-15(21)4-5-16(22)23/h10-11H,3-9H2,1-2H3,(H,18,21)(H,22,23). The first kappa shape index (κ1) is 17.2. The summed E-state index contributed by atoms with van der Waals surface area (Å²) in [5.74, 6) is -0.643. The molecular formula is C16H24N4O3. The maximum absolute atomic E-state index is 11.7. The van der Waals surface area contributed by atoms with E-state index in [1.165, 1.54) is 0 Å². The Kier molecular flexibility index (Phi) is 5.92. The van der Waals surface area contributed by atoms with Crippen LogP contribution < -0.4 is 20.2 Å². The molecule has 0 radical (unpaired) electrons. The lowest BCUT2D eigenvalue weighted by atomic mass is 10.2. The van der Waals surface area contributed by atoms with Gasteiger partial charge in [-0.15, -0.1) is 0 Å². The van der Waals surface area contributed by atoms with Gasteiger partial charge in [0, 0.05) is 12.4 Å². The number of nitrogens with zero attached hydrogens (tertiary/aromatic N) is 2. The Morgan fingerprint density at radius 3 is 2.61 bits per heavy atom. The number of aromatic nitrogens is 1. The van der Waals surface area contributed by atoms with Gasteiger partial charge in [-0.05, 0) is 31.9 Å².